The molecule has 0 aliphatic carbocycles. The Morgan fingerprint density at radius 2 is 1.88 bits per heavy atom. The van der Waals surface area contributed by atoms with Crippen molar-refractivity contribution in [2.75, 3.05) is 26.7 Å². The van der Waals surface area contributed by atoms with Gasteiger partial charge in [0, 0.05) is 19.1 Å². The van der Waals surface area contributed by atoms with Crippen LogP contribution in [0.5, 0.6) is 0 Å². The molecule has 0 bridgehead atoms. The van der Waals surface area contributed by atoms with E-state index in [9.17, 15) is 0 Å². The van der Waals surface area contributed by atoms with E-state index in [1.54, 1.807) is 0 Å². The minimum absolute atomic E-state index is 0.480. The lowest BCUT2D eigenvalue weighted by Crippen LogP contribution is -2.46. The summed E-state index contributed by atoms with van der Waals surface area (Å²) < 4.78 is 0. The maximum Gasteiger partial charge on any atom is 0.00671 e. The van der Waals surface area contributed by atoms with E-state index in [2.05, 4.69) is 38.0 Å². The summed E-state index contributed by atoms with van der Waals surface area (Å²) in [5.41, 5.74) is 0.480. The predicted octanol–water partition coefficient (Wildman–Crippen LogP) is 3.28. The Morgan fingerprint density at radius 3 is 2.47 bits per heavy atom. The van der Waals surface area contributed by atoms with Gasteiger partial charge >= 0.3 is 0 Å². The Balaban J connectivity index is 2.63. The first-order chi connectivity index (χ1) is 8.17. The third kappa shape index (κ3) is 4.26. The van der Waals surface area contributed by atoms with E-state index in [4.69, 9.17) is 0 Å². The molecule has 2 nitrogen and oxygen atoms in total. The van der Waals surface area contributed by atoms with E-state index in [0.717, 1.165) is 12.6 Å². The van der Waals surface area contributed by atoms with Gasteiger partial charge in [0.15, 0.2) is 0 Å². The molecule has 1 atom stereocenters. The summed E-state index contributed by atoms with van der Waals surface area (Å²) >= 11 is 0. The number of hydrogen-bond acceptors (Lipinski definition) is 2. The molecule has 0 radical (unpaired) electrons. The molecule has 0 saturated carbocycles. The van der Waals surface area contributed by atoms with Gasteiger partial charge in [0.25, 0.3) is 0 Å². The number of nitrogens with one attached hydrogen (secondary N) is 1. The average Bonchev–Trinajstić information content (AvgIpc) is 2.54. The van der Waals surface area contributed by atoms with E-state index < -0.39 is 0 Å². The molecule has 1 heterocycles. The molecular formula is C15H32N2. The topological polar surface area (TPSA) is 15.3 Å². The molecule has 0 aromatic carbocycles. The first-order valence-electron chi connectivity index (χ1n) is 7.56. The van der Waals surface area contributed by atoms with Gasteiger partial charge in [-0.3, -0.25) is 0 Å². The van der Waals surface area contributed by atoms with Crippen LogP contribution in [-0.4, -0.2) is 37.6 Å². The third-order valence-corrected chi connectivity index (χ3v) is 4.78. The number of hydrogen-bond donors (Lipinski definition) is 1. The van der Waals surface area contributed by atoms with Crippen molar-refractivity contribution in [3.8, 4) is 0 Å². The van der Waals surface area contributed by atoms with Gasteiger partial charge < -0.3 is 10.2 Å². The lowest BCUT2D eigenvalue weighted by Gasteiger charge is -2.39. The fourth-order valence-corrected chi connectivity index (χ4v) is 3.15. The van der Waals surface area contributed by atoms with Crippen LogP contribution in [-0.2, 0) is 0 Å². The fraction of sp³-hybridized carbons (Fsp3) is 1.00. The zero-order chi connectivity index (χ0) is 12.7. The van der Waals surface area contributed by atoms with Crippen molar-refractivity contribution in [1.82, 2.24) is 10.2 Å². The van der Waals surface area contributed by atoms with Gasteiger partial charge in [-0.05, 0) is 51.6 Å². The van der Waals surface area contributed by atoms with Crippen LogP contribution in [0.25, 0.3) is 0 Å². The van der Waals surface area contributed by atoms with Crippen LogP contribution in [0.15, 0.2) is 0 Å². The summed E-state index contributed by atoms with van der Waals surface area (Å²) in [5.74, 6) is 0. The van der Waals surface area contributed by atoms with Crippen LogP contribution in [0.1, 0.15) is 59.3 Å². The fourth-order valence-electron chi connectivity index (χ4n) is 3.15. The van der Waals surface area contributed by atoms with Crippen LogP contribution in [0.3, 0.4) is 0 Å². The van der Waals surface area contributed by atoms with Crippen LogP contribution < -0.4 is 5.32 Å². The summed E-state index contributed by atoms with van der Waals surface area (Å²) in [7, 11) is 2.09. The predicted molar refractivity (Wildman–Crippen MR) is 76.4 cm³/mol. The maximum atomic E-state index is 3.40. The highest BCUT2D eigenvalue weighted by Crippen LogP contribution is 2.29. The smallest absolute Gasteiger partial charge is 0.00671 e. The van der Waals surface area contributed by atoms with Gasteiger partial charge in [-0.25, -0.2) is 0 Å². The Bertz CT molecular complexity index is 199. The molecular weight excluding hydrogens is 208 g/mol. The SMILES string of the molecule is CCC(CC)(CNC)CN1CCCCCC1C. The second kappa shape index (κ2) is 7.38. The zero-order valence-corrected chi connectivity index (χ0v) is 12.4. The first-order valence-corrected chi connectivity index (χ1v) is 7.56. The van der Waals surface area contributed by atoms with Crippen LogP contribution in [0, 0.1) is 5.41 Å². The van der Waals surface area contributed by atoms with Crippen LogP contribution >= 0.6 is 0 Å². The summed E-state index contributed by atoms with van der Waals surface area (Å²) in [6, 6.07) is 0.784. The van der Waals surface area contributed by atoms with Gasteiger partial charge in [0.2, 0.25) is 0 Å². The number of likely N-dealkylation sites (tertiary alicyclic amines) is 1. The second-order valence-corrected chi connectivity index (χ2v) is 5.91. The van der Waals surface area contributed by atoms with E-state index in [-0.39, 0.29) is 0 Å². The number of rotatable bonds is 6. The Hall–Kier alpha value is -0.0800. The molecule has 2 heteroatoms. The molecule has 1 aliphatic rings. The van der Waals surface area contributed by atoms with Crippen molar-refractivity contribution < 1.29 is 0 Å². The normalized spacial score (nSPS) is 23.6. The Morgan fingerprint density at radius 1 is 1.18 bits per heavy atom. The zero-order valence-electron chi connectivity index (χ0n) is 12.4. The molecule has 1 rings (SSSR count). The monoisotopic (exact) mass is 240 g/mol. The summed E-state index contributed by atoms with van der Waals surface area (Å²) in [4.78, 5) is 2.75. The average molecular weight is 240 g/mol. The lowest BCUT2D eigenvalue weighted by atomic mass is 9.81. The summed E-state index contributed by atoms with van der Waals surface area (Å²) in [6.07, 6.45) is 8.21. The minimum atomic E-state index is 0.480. The van der Waals surface area contributed by atoms with Gasteiger partial charge in [-0.1, -0.05) is 26.7 Å². The van der Waals surface area contributed by atoms with Gasteiger partial charge in [-0.2, -0.15) is 0 Å². The molecule has 1 unspecified atom stereocenters. The van der Waals surface area contributed by atoms with Gasteiger partial charge in [0.1, 0.15) is 0 Å². The highest BCUT2D eigenvalue weighted by molar-refractivity contribution is 4.85. The molecule has 1 saturated heterocycles. The standard InChI is InChI=1S/C15H32N2/c1-5-15(6-2,12-16-4)13-17-11-9-7-8-10-14(17)3/h14,16H,5-13H2,1-4H3. The number of nitrogens with zero attached hydrogens (tertiary/aromatic N) is 1. The van der Waals surface area contributed by atoms with E-state index in [0.29, 0.717) is 5.41 Å². The van der Waals surface area contributed by atoms with Crippen LogP contribution in [0.4, 0.5) is 0 Å². The second-order valence-electron chi connectivity index (χ2n) is 5.91. The first kappa shape index (κ1) is 15.0. The minimum Gasteiger partial charge on any atom is -0.319 e. The van der Waals surface area contributed by atoms with Crippen LogP contribution in [0.2, 0.25) is 0 Å². The van der Waals surface area contributed by atoms with Crippen molar-refractivity contribution in [3.63, 3.8) is 0 Å². The molecule has 0 spiro atoms. The third-order valence-electron chi connectivity index (χ3n) is 4.78. The molecule has 102 valence electrons. The maximum absolute atomic E-state index is 3.40. The van der Waals surface area contributed by atoms with Crippen molar-refractivity contribution in [3.05, 3.63) is 0 Å². The van der Waals surface area contributed by atoms with Crippen molar-refractivity contribution in [1.29, 1.82) is 0 Å². The van der Waals surface area contributed by atoms with Crippen molar-refractivity contribution in [2.24, 2.45) is 5.41 Å². The van der Waals surface area contributed by atoms with Gasteiger partial charge in [0.05, 0.1) is 0 Å². The van der Waals surface area contributed by atoms with E-state index in [1.807, 2.05) is 0 Å². The molecule has 1 fully saturated rings. The molecule has 1 N–H and O–H groups in total. The molecule has 17 heavy (non-hydrogen) atoms. The highest BCUT2D eigenvalue weighted by Gasteiger charge is 2.30. The van der Waals surface area contributed by atoms with Crippen molar-refractivity contribution >= 4 is 0 Å². The van der Waals surface area contributed by atoms with E-state index >= 15 is 0 Å². The molecule has 0 aromatic heterocycles. The van der Waals surface area contributed by atoms with Crippen molar-refractivity contribution in [2.45, 2.75) is 65.3 Å². The largest absolute Gasteiger partial charge is 0.319 e. The Labute approximate surface area is 108 Å². The quantitative estimate of drug-likeness (QED) is 0.766. The summed E-state index contributed by atoms with van der Waals surface area (Å²) in [6.45, 7) is 10.9. The lowest BCUT2D eigenvalue weighted by molar-refractivity contribution is 0.108. The molecule has 0 aromatic rings. The Kier molecular flexibility index (Phi) is 6.50. The summed E-state index contributed by atoms with van der Waals surface area (Å²) in [5, 5.41) is 3.40. The highest BCUT2D eigenvalue weighted by atomic mass is 15.2. The molecule has 1 aliphatic heterocycles. The molecule has 0 amide bonds. The van der Waals surface area contributed by atoms with E-state index in [1.165, 1.54) is 51.6 Å². The van der Waals surface area contributed by atoms with Gasteiger partial charge in [-0.15, -0.1) is 0 Å².